The maximum Gasteiger partial charge on any atom is 0.249 e. The normalized spacial score (nSPS) is 23.9. The molecule has 6 nitrogen and oxygen atoms in total. The Hall–Kier alpha value is -1.63. The van der Waals surface area contributed by atoms with E-state index in [2.05, 4.69) is 15.3 Å². The molecule has 0 bridgehead atoms. The summed E-state index contributed by atoms with van der Waals surface area (Å²) in [7, 11) is 0. The summed E-state index contributed by atoms with van der Waals surface area (Å²) in [6.45, 7) is 1.85. The van der Waals surface area contributed by atoms with E-state index in [1.54, 1.807) is 16.7 Å². The van der Waals surface area contributed by atoms with E-state index in [4.69, 9.17) is 0 Å². The maximum atomic E-state index is 12.7. The lowest BCUT2D eigenvalue weighted by molar-refractivity contribution is -0.141. The number of hydrogen-bond acceptors (Lipinski definition) is 5. The fraction of sp³-hybridized carbons (Fsp3) is 0.647. The fourth-order valence-corrected chi connectivity index (χ4v) is 4.38. The third-order valence-corrected chi connectivity index (χ3v) is 6.04. The van der Waals surface area contributed by atoms with Crippen LogP contribution in [0.3, 0.4) is 0 Å². The first-order chi connectivity index (χ1) is 11.6. The molecule has 2 amide bonds. The molecule has 4 rings (SSSR count). The van der Waals surface area contributed by atoms with Gasteiger partial charge in [-0.25, -0.2) is 9.97 Å². The highest BCUT2D eigenvalue weighted by Crippen LogP contribution is 2.39. The number of rotatable bonds is 4. The first-order valence-electron chi connectivity index (χ1n) is 8.66. The lowest BCUT2D eigenvalue weighted by atomic mass is 9.84. The molecule has 0 unspecified atom stereocenters. The molecule has 24 heavy (non-hydrogen) atoms. The molecule has 0 spiro atoms. The van der Waals surface area contributed by atoms with Crippen molar-refractivity contribution in [3.05, 3.63) is 17.6 Å². The molecule has 3 fully saturated rings. The average Bonchev–Trinajstić information content (AvgIpc) is 3.21. The van der Waals surface area contributed by atoms with Gasteiger partial charge in [-0.3, -0.25) is 9.59 Å². The van der Waals surface area contributed by atoms with E-state index < -0.39 is 0 Å². The molecular formula is C17H22N4O2S. The number of anilines is 1. The molecule has 7 heteroatoms. The number of carbonyl (C=O) groups excluding carboxylic acids is 2. The molecule has 1 saturated heterocycles. The van der Waals surface area contributed by atoms with Crippen LogP contribution in [0.4, 0.5) is 5.82 Å². The van der Waals surface area contributed by atoms with Crippen LogP contribution in [-0.4, -0.2) is 44.4 Å². The minimum Gasteiger partial charge on any atom is -0.320 e. The van der Waals surface area contributed by atoms with E-state index in [9.17, 15) is 9.59 Å². The Morgan fingerprint density at radius 1 is 1.25 bits per heavy atom. The van der Waals surface area contributed by atoms with Gasteiger partial charge >= 0.3 is 0 Å². The zero-order valence-corrected chi connectivity index (χ0v) is 14.6. The predicted molar refractivity (Wildman–Crippen MR) is 92.7 cm³/mol. The Morgan fingerprint density at radius 2 is 2.04 bits per heavy atom. The maximum absolute atomic E-state index is 12.7. The van der Waals surface area contributed by atoms with Crippen LogP contribution in [0, 0.1) is 12.8 Å². The lowest BCUT2D eigenvalue weighted by Crippen LogP contribution is -2.48. The van der Waals surface area contributed by atoms with Crippen molar-refractivity contribution in [3.63, 3.8) is 0 Å². The summed E-state index contributed by atoms with van der Waals surface area (Å²) < 4.78 is 0. The van der Waals surface area contributed by atoms with Gasteiger partial charge in [-0.2, -0.15) is 0 Å². The summed E-state index contributed by atoms with van der Waals surface area (Å²) in [6, 6.07) is 1.49. The Bertz CT molecular complexity index is 673. The summed E-state index contributed by atoms with van der Waals surface area (Å²) in [5.41, 5.74) is 1.01. The molecule has 1 aliphatic heterocycles. The van der Waals surface area contributed by atoms with Gasteiger partial charge in [-0.05, 0) is 32.6 Å². The summed E-state index contributed by atoms with van der Waals surface area (Å²) in [4.78, 5) is 35.7. The Kier molecular flexibility index (Phi) is 4.20. The second kappa shape index (κ2) is 6.35. The smallest absolute Gasteiger partial charge is 0.249 e. The van der Waals surface area contributed by atoms with Crippen LogP contribution in [0.25, 0.3) is 0 Å². The van der Waals surface area contributed by atoms with Crippen molar-refractivity contribution >= 4 is 29.4 Å². The molecular weight excluding hydrogens is 324 g/mol. The minimum absolute atomic E-state index is 0.127. The number of carbonyl (C=O) groups is 2. The molecule has 128 valence electrons. The first kappa shape index (κ1) is 15.9. The van der Waals surface area contributed by atoms with E-state index in [1.807, 2.05) is 13.0 Å². The number of amides is 2. The van der Waals surface area contributed by atoms with Crippen LogP contribution in [0.1, 0.15) is 49.5 Å². The molecule has 2 saturated carbocycles. The van der Waals surface area contributed by atoms with Crippen LogP contribution in [-0.2, 0) is 9.59 Å². The SMILES string of the molecule is Cc1nc(NC(=O)[C@@H]2CSCN2C(=O)C2CCC2)cc(C2CC2)n1. The van der Waals surface area contributed by atoms with Gasteiger partial charge < -0.3 is 10.2 Å². The molecule has 2 aliphatic carbocycles. The van der Waals surface area contributed by atoms with Gasteiger partial charge in [-0.1, -0.05) is 6.42 Å². The minimum atomic E-state index is -0.386. The highest BCUT2D eigenvalue weighted by molar-refractivity contribution is 7.99. The molecule has 0 radical (unpaired) electrons. The standard InChI is InChI=1S/C17H22N4O2S/c1-10-18-13(11-5-6-11)7-15(19-10)20-16(22)14-8-24-9-21(14)17(23)12-3-2-4-12/h7,11-12,14H,2-6,8-9H2,1H3,(H,18,19,20,22)/t14-/m0/s1. The Morgan fingerprint density at radius 3 is 2.71 bits per heavy atom. The third kappa shape index (κ3) is 3.14. The number of aryl methyl sites for hydroxylation is 1. The predicted octanol–water partition coefficient (Wildman–Crippen LogP) is 2.30. The second-order valence-electron chi connectivity index (χ2n) is 6.94. The topological polar surface area (TPSA) is 75.2 Å². The first-order valence-corrected chi connectivity index (χ1v) is 9.82. The zero-order valence-electron chi connectivity index (χ0n) is 13.8. The number of aromatic nitrogens is 2. The van der Waals surface area contributed by atoms with Crippen molar-refractivity contribution in [1.29, 1.82) is 0 Å². The van der Waals surface area contributed by atoms with Gasteiger partial charge in [0, 0.05) is 29.3 Å². The summed E-state index contributed by atoms with van der Waals surface area (Å²) in [5, 5.41) is 2.91. The molecule has 1 N–H and O–H groups in total. The van der Waals surface area contributed by atoms with Gasteiger partial charge in [0.2, 0.25) is 11.8 Å². The van der Waals surface area contributed by atoms with Gasteiger partial charge in [0.15, 0.2) is 0 Å². The van der Waals surface area contributed by atoms with Crippen molar-refractivity contribution in [1.82, 2.24) is 14.9 Å². The third-order valence-electron chi connectivity index (χ3n) is 5.03. The quantitative estimate of drug-likeness (QED) is 0.905. The number of nitrogens with one attached hydrogen (secondary N) is 1. The van der Waals surface area contributed by atoms with Crippen LogP contribution in [0.5, 0.6) is 0 Å². The highest BCUT2D eigenvalue weighted by Gasteiger charge is 2.39. The summed E-state index contributed by atoms with van der Waals surface area (Å²) in [6.07, 6.45) is 5.37. The van der Waals surface area contributed by atoms with Gasteiger partial charge in [0.05, 0.1) is 5.88 Å². The summed E-state index contributed by atoms with van der Waals surface area (Å²) >= 11 is 1.64. The van der Waals surface area contributed by atoms with Crippen LogP contribution >= 0.6 is 11.8 Å². The lowest BCUT2D eigenvalue weighted by Gasteiger charge is -2.31. The van der Waals surface area contributed by atoms with Crippen LogP contribution in [0.2, 0.25) is 0 Å². The van der Waals surface area contributed by atoms with E-state index in [0.717, 1.165) is 37.8 Å². The molecule has 1 aromatic heterocycles. The molecule has 2 heterocycles. The van der Waals surface area contributed by atoms with Crippen LogP contribution in [0.15, 0.2) is 6.07 Å². The number of nitrogens with zero attached hydrogens (tertiary/aromatic N) is 3. The number of thioether (sulfide) groups is 1. The molecule has 1 aromatic rings. The van der Waals surface area contributed by atoms with Gasteiger partial charge in [0.1, 0.15) is 17.7 Å². The average molecular weight is 346 g/mol. The van der Waals surface area contributed by atoms with Crippen molar-refractivity contribution in [3.8, 4) is 0 Å². The van der Waals surface area contributed by atoms with Gasteiger partial charge in [0.25, 0.3) is 0 Å². The molecule has 0 aromatic carbocycles. The second-order valence-corrected chi connectivity index (χ2v) is 7.94. The van der Waals surface area contributed by atoms with E-state index in [1.165, 1.54) is 0 Å². The molecule has 1 atom stereocenters. The Balaban J connectivity index is 1.46. The zero-order chi connectivity index (χ0) is 16.7. The van der Waals surface area contributed by atoms with Crippen molar-refractivity contribution in [2.75, 3.05) is 16.9 Å². The Labute approximate surface area is 145 Å². The fourth-order valence-electron chi connectivity index (χ4n) is 3.22. The van der Waals surface area contributed by atoms with E-state index in [-0.39, 0.29) is 23.8 Å². The highest BCUT2D eigenvalue weighted by atomic mass is 32.2. The molecule has 3 aliphatic rings. The summed E-state index contributed by atoms with van der Waals surface area (Å²) in [5.74, 6) is 3.16. The monoisotopic (exact) mass is 346 g/mol. The van der Waals surface area contributed by atoms with Crippen molar-refractivity contribution < 1.29 is 9.59 Å². The van der Waals surface area contributed by atoms with Crippen molar-refractivity contribution in [2.45, 2.75) is 51.0 Å². The van der Waals surface area contributed by atoms with Crippen molar-refractivity contribution in [2.24, 2.45) is 5.92 Å². The van der Waals surface area contributed by atoms with E-state index in [0.29, 0.717) is 29.2 Å². The van der Waals surface area contributed by atoms with Gasteiger partial charge in [-0.15, -0.1) is 11.8 Å². The largest absolute Gasteiger partial charge is 0.320 e. The van der Waals surface area contributed by atoms with Crippen LogP contribution < -0.4 is 5.32 Å². The van der Waals surface area contributed by atoms with E-state index >= 15 is 0 Å². The number of hydrogen-bond donors (Lipinski definition) is 1.